The fraction of sp³-hybridized carbons (Fsp3) is 0.714. The van der Waals surface area contributed by atoms with Crippen molar-refractivity contribution >= 4 is 39.7 Å². The number of halogens is 1. The van der Waals surface area contributed by atoms with Gasteiger partial charge in [-0.2, -0.15) is 0 Å². The van der Waals surface area contributed by atoms with E-state index in [0.717, 1.165) is 0 Å². The minimum Gasteiger partial charge on any atom is -0.463 e. The fourth-order valence-corrected chi connectivity index (χ4v) is 2.99. The average molecular weight is 410 g/mol. The molecule has 0 aromatic rings. The van der Waals surface area contributed by atoms with E-state index in [9.17, 15) is 19.2 Å². The second kappa shape index (κ2) is 8.97. The minimum atomic E-state index is -1.06. The van der Waals surface area contributed by atoms with Crippen molar-refractivity contribution in [1.82, 2.24) is 5.32 Å². The van der Waals surface area contributed by atoms with Crippen molar-refractivity contribution in [3.8, 4) is 0 Å². The number of hydrogen-bond donors (Lipinski definition) is 1. The van der Waals surface area contributed by atoms with Gasteiger partial charge in [0.25, 0.3) is 0 Å². The third-order valence-corrected chi connectivity index (χ3v) is 3.84. The number of alkyl halides is 1. The predicted octanol–water partition coefficient (Wildman–Crippen LogP) is 0.0374. The Morgan fingerprint density at radius 2 is 1.50 bits per heavy atom. The van der Waals surface area contributed by atoms with Crippen LogP contribution in [0.25, 0.3) is 0 Å². The van der Waals surface area contributed by atoms with E-state index < -0.39 is 47.3 Å². The maximum absolute atomic E-state index is 11.4. The molecule has 0 aliphatic carbocycles. The smallest absolute Gasteiger partial charge is 0.303 e. The SMILES string of the molecule is CC(=O)NC1C(Br)OC(COC(C)=O)C(OC(C)=O)C1OC(C)=O. The molecule has 0 saturated carbocycles. The van der Waals surface area contributed by atoms with Crippen molar-refractivity contribution in [3.63, 3.8) is 0 Å². The van der Waals surface area contributed by atoms with Gasteiger partial charge in [0.15, 0.2) is 12.2 Å². The third-order valence-electron chi connectivity index (χ3n) is 3.06. The van der Waals surface area contributed by atoms with Gasteiger partial charge in [0, 0.05) is 27.7 Å². The van der Waals surface area contributed by atoms with Gasteiger partial charge in [0.2, 0.25) is 5.91 Å². The van der Waals surface area contributed by atoms with Crippen LogP contribution >= 0.6 is 15.9 Å². The van der Waals surface area contributed by atoms with Gasteiger partial charge >= 0.3 is 17.9 Å². The molecular weight excluding hydrogens is 390 g/mol. The largest absolute Gasteiger partial charge is 0.463 e. The van der Waals surface area contributed by atoms with Crippen LogP contribution in [0.4, 0.5) is 0 Å². The van der Waals surface area contributed by atoms with Crippen molar-refractivity contribution in [2.24, 2.45) is 0 Å². The molecule has 1 aliphatic rings. The fourth-order valence-electron chi connectivity index (χ4n) is 2.28. The molecule has 1 amide bonds. The maximum Gasteiger partial charge on any atom is 0.303 e. The first kappa shape index (κ1) is 20.4. The second-order valence-corrected chi connectivity index (χ2v) is 6.11. The molecule has 5 atom stereocenters. The van der Waals surface area contributed by atoms with Gasteiger partial charge in [0.1, 0.15) is 23.8 Å². The molecule has 10 heteroatoms. The van der Waals surface area contributed by atoms with Crippen molar-refractivity contribution in [1.29, 1.82) is 0 Å². The first-order valence-electron chi connectivity index (χ1n) is 7.16. The summed E-state index contributed by atoms with van der Waals surface area (Å²) in [4.78, 5) is 45.3. The summed E-state index contributed by atoms with van der Waals surface area (Å²) < 4.78 is 21.0. The molecular formula is C14H20BrNO8. The highest BCUT2D eigenvalue weighted by Gasteiger charge is 2.49. The van der Waals surface area contributed by atoms with Gasteiger partial charge in [-0.15, -0.1) is 0 Å². The molecule has 0 aromatic carbocycles. The normalized spacial score (nSPS) is 29.3. The van der Waals surface area contributed by atoms with E-state index in [1.54, 1.807) is 0 Å². The lowest BCUT2D eigenvalue weighted by atomic mass is 9.97. The van der Waals surface area contributed by atoms with Gasteiger partial charge < -0.3 is 24.3 Å². The van der Waals surface area contributed by atoms with Crippen LogP contribution in [0.15, 0.2) is 0 Å². The lowest BCUT2D eigenvalue weighted by Gasteiger charge is -2.43. The summed E-state index contributed by atoms with van der Waals surface area (Å²) in [5.41, 5.74) is 0. The van der Waals surface area contributed by atoms with Crippen LogP contribution in [-0.2, 0) is 38.1 Å². The van der Waals surface area contributed by atoms with Crippen LogP contribution in [0, 0.1) is 0 Å². The lowest BCUT2D eigenvalue weighted by Crippen LogP contribution is -2.64. The Labute approximate surface area is 147 Å². The number of amides is 1. The van der Waals surface area contributed by atoms with Crippen molar-refractivity contribution < 1.29 is 38.1 Å². The van der Waals surface area contributed by atoms with Gasteiger partial charge in [-0.3, -0.25) is 19.2 Å². The second-order valence-electron chi connectivity index (χ2n) is 5.20. The molecule has 1 N–H and O–H groups in total. The van der Waals surface area contributed by atoms with Crippen LogP contribution < -0.4 is 5.32 Å². The molecule has 1 heterocycles. The van der Waals surface area contributed by atoms with Crippen molar-refractivity contribution in [2.45, 2.75) is 57.1 Å². The Kier molecular flexibility index (Phi) is 7.61. The first-order chi connectivity index (χ1) is 11.1. The van der Waals surface area contributed by atoms with Crippen LogP contribution in [-0.4, -0.2) is 59.8 Å². The standard InChI is InChI=1S/C14H20BrNO8/c1-6(17)16-11-13(23-9(4)20)12(22-8(3)19)10(24-14(11)15)5-21-7(2)18/h10-14H,5H2,1-4H3,(H,16,17). The van der Waals surface area contributed by atoms with E-state index in [1.165, 1.54) is 27.7 Å². The molecule has 0 radical (unpaired) electrons. The van der Waals surface area contributed by atoms with Gasteiger partial charge in [-0.05, 0) is 0 Å². The summed E-state index contributed by atoms with van der Waals surface area (Å²) in [6, 6.07) is -0.802. The highest BCUT2D eigenvalue weighted by Crippen LogP contribution is 2.29. The van der Waals surface area contributed by atoms with Crippen molar-refractivity contribution in [2.75, 3.05) is 6.61 Å². The van der Waals surface area contributed by atoms with E-state index >= 15 is 0 Å². The molecule has 9 nitrogen and oxygen atoms in total. The zero-order valence-corrected chi connectivity index (χ0v) is 15.3. The molecule has 0 bridgehead atoms. The number of hydrogen-bond acceptors (Lipinski definition) is 8. The number of ether oxygens (including phenoxy) is 4. The number of nitrogens with one attached hydrogen (secondary N) is 1. The van der Waals surface area contributed by atoms with Crippen molar-refractivity contribution in [3.05, 3.63) is 0 Å². The lowest BCUT2D eigenvalue weighted by molar-refractivity contribution is -0.211. The molecule has 0 spiro atoms. The maximum atomic E-state index is 11.4. The Morgan fingerprint density at radius 3 is 1.96 bits per heavy atom. The Hall–Kier alpha value is -1.68. The van der Waals surface area contributed by atoms with Gasteiger partial charge in [-0.25, -0.2) is 0 Å². The topological polar surface area (TPSA) is 117 Å². The Morgan fingerprint density at radius 1 is 0.958 bits per heavy atom. The third kappa shape index (κ3) is 6.08. The number of carbonyl (C=O) groups is 4. The predicted molar refractivity (Wildman–Crippen MR) is 82.9 cm³/mol. The van der Waals surface area contributed by atoms with Gasteiger partial charge in [0.05, 0.1) is 0 Å². The molecule has 1 fully saturated rings. The number of esters is 3. The Balaban J connectivity index is 3.11. The quantitative estimate of drug-likeness (QED) is 0.384. The summed E-state index contributed by atoms with van der Waals surface area (Å²) in [6.45, 7) is 4.67. The zero-order valence-electron chi connectivity index (χ0n) is 13.7. The van der Waals surface area contributed by atoms with Crippen LogP contribution in [0.3, 0.4) is 0 Å². The monoisotopic (exact) mass is 409 g/mol. The van der Waals surface area contributed by atoms with E-state index in [-0.39, 0.29) is 12.5 Å². The molecule has 5 unspecified atom stereocenters. The summed E-state index contributed by atoms with van der Waals surface area (Å²) in [7, 11) is 0. The van der Waals surface area contributed by atoms with E-state index in [2.05, 4.69) is 21.2 Å². The van der Waals surface area contributed by atoms with E-state index in [1.807, 2.05) is 0 Å². The van der Waals surface area contributed by atoms with Crippen LogP contribution in [0.2, 0.25) is 0 Å². The molecule has 24 heavy (non-hydrogen) atoms. The molecule has 136 valence electrons. The highest BCUT2D eigenvalue weighted by atomic mass is 79.9. The minimum absolute atomic E-state index is 0.208. The number of carbonyl (C=O) groups excluding carboxylic acids is 4. The zero-order chi connectivity index (χ0) is 18.4. The summed E-state index contributed by atoms with van der Waals surface area (Å²) >= 11 is 3.25. The summed E-state index contributed by atoms with van der Waals surface area (Å²) in [5, 5.41) is 1.84. The molecule has 1 aliphatic heterocycles. The molecule has 1 saturated heterocycles. The molecule has 1 rings (SSSR count). The van der Waals surface area contributed by atoms with Crippen LogP contribution in [0.5, 0.6) is 0 Å². The summed E-state index contributed by atoms with van der Waals surface area (Å²) in [6.07, 6.45) is -2.96. The Bertz CT molecular complexity index is 511. The van der Waals surface area contributed by atoms with Crippen LogP contribution in [0.1, 0.15) is 27.7 Å². The highest BCUT2D eigenvalue weighted by molar-refractivity contribution is 9.09. The average Bonchev–Trinajstić information content (AvgIpc) is 2.42. The number of rotatable bonds is 5. The first-order valence-corrected chi connectivity index (χ1v) is 8.07. The van der Waals surface area contributed by atoms with E-state index in [0.29, 0.717) is 0 Å². The molecule has 0 aromatic heterocycles. The van der Waals surface area contributed by atoms with Gasteiger partial charge in [-0.1, -0.05) is 15.9 Å². The summed E-state index contributed by atoms with van der Waals surface area (Å²) in [5.74, 6) is -2.19. The van der Waals surface area contributed by atoms with E-state index in [4.69, 9.17) is 18.9 Å².